The molecule has 0 aromatic heterocycles. The number of benzene rings is 1. The first-order valence-corrected chi connectivity index (χ1v) is 5.44. The van der Waals surface area contributed by atoms with Crippen LogP contribution in [0.25, 0.3) is 0 Å². The topological polar surface area (TPSA) is 61.8 Å². The molecule has 0 aliphatic carbocycles. The average Bonchev–Trinajstić information content (AvgIpc) is 2.25. The van der Waals surface area contributed by atoms with E-state index < -0.39 is 6.09 Å². The van der Waals surface area contributed by atoms with Gasteiger partial charge < -0.3 is 14.7 Å². The van der Waals surface area contributed by atoms with Crippen LogP contribution < -0.4 is 10.2 Å². The lowest BCUT2D eigenvalue weighted by Gasteiger charge is -2.19. The highest BCUT2D eigenvalue weighted by atomic mass is 35.5. The van der Waals surface area contributed by atoms with Gasteiger partial charge in [-0.2, -0.15) is 0 Å². The zero-order chi connectivity index (χ0) is 12.8. The number of aliphatic hydroxyl groups is 1. The van der Waals surface area contributed by atoms with Gasteiger partial charge in [0.05, 0.1) is 23.0 Å². The minimum Gasteiger partial charge on any atom is -0.447 e. The highest BCUT2D eigenvalue weighted by molar-refractivity contribution is 6.34. The molecule has 0 radical (unpaired) electrons. The number of carbonyl (C=O) groups excluding carboxylic acids is 1. The molecule has 0 spiro atoms. The Morgan fingerprint density at radius 3 is 2.82 bits per heavy atom. The molecule has 17 heavy (non-hydrogen) atoms. The van der Waals surface area contributed by atoms with Crippen LogP contribution in [0.3, 0.4) is 0 Å². The van der Waals surface area contributed by atoms with Crippen LogP contribution in [0.1, 0.15) is 0 Å². The molecule has 0 heterocycles. The zero-order valence-corrected chi connectivity index (χ0v) is 10.5. The largest absolute Gasteiger partial charge is 0.447 e. The molecule has 94 valence electrons. The summed E-state index contributed by atoms with van der Waals surface area (Å²) in [5, 5.41) is 11.6. The van der Waals surface area contributed by atoms with E-state index in [0.717, 1.165) is 0 Å². The monoisotopic (exact) mass is 258 g/mol. The van der Waals surface area contributed by atoms with E-state index in [-0.39, 0.29) is 13.2 Å². The van der Waals surface area contributed by atoms with Crippen LogP contribution in [-0.2, 0) is 4.74 Å². The Balaban J connectivity index is 2.83. The second-order valence-electron chi connectivity index (χ2n) is 3.51. The highest BCUT2D eigenvalue weighted by Gasteiger charge is 2.11. The van der Waals surface area contributed by atoms with Gasteiger partial charge in [0.25, 0.3) is 0 Å². The molecule has 0 fully saturated rings. The van der Waals surface area contributed by atoms with E-state index in [1.807, 2.05) is 14.1 Å². The summed E-state index contributed by atoms with van der Waals surface area (Å²) in [7, 11) is 3.65. The molecule has 0 bridgehead atoms. The Hall–Kier alpha value is -1.46. The number of carbonyl (C=O) groups is 1. The number of nitrogens with zero attached hydrogens (tertiary/aromatic N) is 1. The lowest BCUT2D eigenvalue weighted by molar-refractivity contribution is 0.131. The summed E-state index contributed by atoms with van der Waals surface area (Å²) in [6.45, 7) is -0.243. The summed E-state index contributed by atoms with van der Waals surface area (Å²) < 4.78 is 4.71. The third-order valence-corrected chi connectivity index (χ3v) is 2.30. The van der Waals surface area contributed by atoms with Crippen LogP contribution in [-0.4, -0.2) is 38.5 Å². The van der Waals surface area contributed by atoms with Crippen molar-refractivity contribution >= 4 is 29.1 Å². The molecule has 6 heteroatoms. The maximum atomic E-state index is 11.4. The first kappa shape index (κ1) is 13.6. The fourth-order valence-electron chi connectivity index (χ4n) is 1.36. The second kappa shape index (κ2) is 6.32. The number of anilines is 2. The first-order chi connectivity index (χ1) is 8.06. The summed E-state index contributed by atoms with van der Waals surface area (Å²) in [5.74, 6) is 0. The molecular weight excluding hydrogens is 244 g/mol. The average molecular weight is 259 g/mol. The van der Waals surface area contributed by atoms with Crippen molar-refractivity contribution in [3.63, 3.8) is 0 Å². The molecule has 0 saturated carbocycles. The minimum atomic E-state index is -0.621. The lowest BCUT2D eigenvalue weighted by atomic mass is 10.2. The van der Waals surface area contributed by atoms with Crippen molar-refractivity contribution in [3.8, 4) is 0 Å². The minimum absolute atomic E-state index is 0.0380. The Morgan fingerprint density at radius 1 is 1.53 bits per heavy atom. The lowest BCUT2D eigenvalue weighted by Crippen LogP contribution is -2.19. The molecule has 1 amide bonds. The Kier molecular flexibility index (Phi) is 5.06. The molecule has 1 rings (SSSR count). The molecule has 0 saturated heterocycles. The molecule has 0 unspecified atom stereocenters. The van der Waals surface area contributed by atoms with Gasteiger partial charge in [-0.05, 0) is 12.1 Å². The summed E-state index contributed by atoms with van der Waals surface area (Å²) in [4.78, 5) is 13.1. The van der Waals surface area contributed by atoms with E-state index in [2.05, 4.69) is 5.32 Å². The number of nitrogens with one attached hydrogen (secondary N) is 1. The van der Waals surface area contributed by atoms with Crippen molar-refractivity contribution in [1.29, 1.82) is 0 Å². The third kappa shape index (κ3) is 3.80. The predicted molar refractivity (Wildman–Crippen MR) is 67.8 cm³/mol. The zero-order valence-electron chi connectivity index (χ0n) is 9.74. The van der Waals surface area contributed by atoms with Gasteiger partial charge in [0.15, 0.2) is 0 Å². The predicted octanol–water partition coefficient (Wildman–Crippen LogP) is 1.95. The number of halogens is 1. The molecular formula is C11H15ClN2O3. The van der Waals surface area contributed by atoms with Crippen LogP contribution in [0.4, 0.5) is 16.2 Å². The number of hydrogen-bond acceptors (Lipinski definition) is 4. The van der Waals surface area contributed by atoms with Crippen molar-refractivity contribution in [2.24, 2.45) is 0 Å². The molecule has 0 atom stereocenters. The van der Waals surface area contributed by atoms with E-state index in [1.54, 1.807) is 23.1 Å². The Morgan fingerprint density at radius 2 is 2.24 bits per heavy atom. The number of amides is 1. The SMILES string of the molecule is CN(C)c1c(Cl)cccc1NC(=O)OCCO. The standard InChI is InChI=1S/C11H15ClN2O3/c1-14(2)10-8(12)4-3-5-9(10)13-11(16)17-7-6-15/h3-5,15H,6-7H2,1-2H3,(H,13,16). The van der Waals surface area contributed by atoms with Crippen LogP contribution in [0.15, 0.2) is 18.2 Å². The summed E-state index contributed by atoms with van der Waals surface area (Å²) in [6, 6.07) is 5.19. The van der Waals surface area contributed by atoms with Crippen LogP contribution in [0.5, 0.6) is 0 Å². The maximum absolute atomic E-state index is 11.4. The van der Waals surface area contributed by atoms with Gasteiger partial charge in [-0.3, -0.25) is 5.32 Å². The van der Waals surface area contributed by atoms with Gasteiger partial charge in [0, 0.05) is 14.1 Å². The van der Waals surface area contributed by atoms with Gasteiger partial charge in [0.2, 0.25) is 0 Å². The molecule has 1 aromatic rings. The van der Waals surface area contributed by atoms with Gasteiger partial charge in [-0.1, -0.05) is 17.7 Å². The Bertz CT molecular complexity index is 396. The third-order valence-electron chi connectivity index (χ3n) is 2.00. The van der Waals surface area contributed by atoms with Gasteiger partial charge in [-0.25, -0.2) is 4.79 Å². The van der Waals surface area contributed by atoms with Crippen molar-refractivity contribution in [2.75, 3.05) is 37.5 Å². The number of para-hydroxylation sites is 1. The summed E-state index contributed by atoms with van der Waals surface area (Å²) in [5.41, 5.74) is 1.26. The second-order valence-corrected chi connectivity index (χ2v) is 3.92. The molecule has 0 aliphatic rings. The summed E-state index contributed by atoms with van der Waals surface area (Å²) >= 11 is 6.04. The Labute approximate surface area is 105 Å². The number of hydrogen-bond donors (Lipinski definition) is 2. The van der Waals surface area contributed by atoms with E-state index in [0.29, 0.717) is 16.4 Å². The quantitative estimate of drug-likeness (QED) is 0.867. The van der Waals surface area contributed by atoms with Crippen LogP contribution in [0, 0.1) is 0 Å². The fraction of sp³-hybridized carbons (Fsp3) is 0.364. The smallest absolute Gasteiger partial charge is 0.411 e. The first-order valence-electron chi connectivity index (χ1n) is 5.06. The number of aliphatic hydroxyl groups excluding tert-OH is 1. The van der Waals surface area contributed by atoms with Crippen molar-refractivity contribution in [1.82, 2.24) is 0 Å². The fourth-order valence-corrected chi connectivity index (χ4v) is 1.70. The molecule has 1 aromatic carbocycles. The van der Waals surface area contributed by atoms with E-state index in [9.17, 15) is 4.79 Å². The van der Waals surface area contributed by atoms with Gasteiger partial charge >= 0.3 is 6.09 Å². The molecule has 0 aliphatic heterocycles. The van der Waals surface area contributed by atoms with Crippen molar-refractivity contribution in [2.45, 2.75) is 0 Å². The molecule has 5 nitrogen and oxygen atoms in total. The molecule has 2 N–H and O–H groups in total. The number of rotatable bonds is 4. The van der Waals surface area contributed by atoms with Crippen LogP contribution in [0.2, 0.25) is 5.02 Å². The summed E-state index contributed by atoms with van der Waals surface area (Å²) in [6.07, 6.45) is -0.621. The van der Waals surface area contributed by atoms with Gasteiger partial charge in [-0.15, -0.1) is 0 Å². The number of ether oxygens (including phenoxy) is 1. The van der Waals surface area contributed by atoms with E-state index >= 15 is 0 Å². The highest BCUT2D eigenvalue weighted by Crippen LogP contribution is 2.32. The van der Waals surface area contributed by atoms with Crippen LogP contribution >= 0.6 is 11.6 Å². The van der Waals surface area contributed by atoms with Crippen molar-refractivity contribution in [3.05, 3.63) is 23.2 Å². The van der Waals surface area contributed by atoms with Crippen molar-refractivity contribution < 1.29 is 14.6 Å². The van der Waals surface area contributed by atoms with Gasteiger partial charge in [0.1, 0.15) is 6.61 Å². The maximum Gasteiger partial charge on any atom is 0.411 e. The van der Waals surface area contributed by atoms with E-state index in [1.165, 1.54) is 0 Å². The normalized spacial score (nSPS) is 9.88. The van der Waals surface area contributed by atoms with E-state index in [4.69, 9.17) is 21.4 Å².